The molecule has 0 amide bonds. The van der Waals surface area contributed by atoms with Crippen LogP contribution in [0.1, 0.15) is 33.5 Å². The molecule has 0 bridgehead atoms. The maximum atomic E-state index is 11.3. The van der Waals surface area contributed by atoms with Gasteiger partial charge in [0.2, 0.25) is 0 Å². The largest absolute Gasteiger partial charge is 0.308 e. The van der Waals surface area contributed by atoms with Crippen LogP contribution in [0.2, 0.25) is 0 Å². The van der Waals surface area contributed by atoms with Crippen LogP contribution in [0.25, 0.3) is 83.8 Å². The van der Waals surface area contributed by atoms with Gasteiger partial charge in [0.25, 0.3) is 0 Å². The van der Waals surface area contributed by atoms with Crippen LogP contribution in [-0.2, 0) is 6.42 Å². The van der Waals surface area contributed by atoms with E-state index in [9.17, 15) is 26.3 Å². The van der Waals surface area contributed by atoms with E-state index in [1.165, 1.54) is 0 Å². The Bertz CT molecular complexity index is 3460. The minimum Gasteiger partial charge on any atom is -0.308 e. The molecule has 0 fully saturated rings. The molecular formula is C52H28N8. The Kier molecular flexibility index (Phi) is 8.37. The fraction of sp³-hybridized carbons (Fsp3) is 0.0385. The van der Waals surface area contributed by atoms with Crippen LogP contribution in [-0.4, -0.2) is 14.1 Å². The van der Waals surface area contributed by atoms with Crippen LogP contribution >= 0.6 is 0 Å². The zero-order valence-electron chi connectivity index (χ0n) is 31.8. The number of rotatable bonds is 5. The highest BCUT2D eigenvalue weighted by molar-refractivity contribution is 6.10. The molecule has 1 atom stereocenters. The predicted molar refractivity (Wildman–Crippen MR) is 232 cm³/mol. The fourth-order valence-corrected chi connectivity index (χ4v) is 8.57. The van der Waals surface area contributed by atoms with Crippen molar-refractivity contribution in [3.05, 3.63) is 179 Å². The molecule has 1 unspecified atom stereocenters. The zero-order valence-corrected chi connectivity index (χ0v) is 31.8. The van der Waals surface area contributed by atoms with E-state index >= 15 is 0 Å². The van der Waals surface area contributed by atoms with Crippen molar-refractivity contribution in [1.82, 2.24) is 14.1 Å². The minimum atomic E-state index is -0.346. The molecule has 1 aliphatic carbocycles. The van der Waals surface area contributed by atoms with E-state index < -0.39 is 0 Å². The van der Waals surface area contributed by atoms with Crippen molar-refractivity contribution < 1.29 is 0 Å². The molecule has 8 nitrogen and oxygen atoms in total. The lowest BCUT2D eigenvalue weighted by atomic mass is 9.92. The second-order valence-electron chi connectivity index (χ2n) is 14.7. The standard InChI is InChI=1S/C52H28N8/c53-27-32-12-16-47-40(20-32)41-21-33(28-54)13-17-48(41)59(47)51-25-39(46-11-5-10-45(58-46)38-9-4-8-37(24-38)36-6-2-1-3-7-36)26-52(44(51)31-57)60-49-18-14-34(29-55)22-42(49)43-23-35(30-56)15-19-50(43)60/h1-22,24-26,35H,23H2. The SMILES string of the molecule is N#Cc1ccc2c(c1)c1c(n2-c2cc(-c3cccc(-c4cccc(-c5ccccc5)c4)n3)cc(-n3c4ccc(C#N)cc4c4cc(C#N)ccc43)c2C#N)C=CC(C#N)C1. The zero-order chi connectivity index (χ0) is 40.9. The highest BCUT2D eigenvalue weighted by Crippen LogP contribution is 2.42. The summed E-state index contributed by atoms with van der Waals surface area (Å²) in [6.45, 7) is 0. The lowest BCUT2D eigenvalue weighted by molar-refractivity contribution is 0.809. The normalized spacial score (nSPS) is 12.9. The van der Waals surface area contributed by atoms with Gasteiger partial charge >= 0.3 is 0 Å². The summed E-state index contributed by atoms with van der Waals surface area (Å²) in [4.78, 5) is 5.25. The van der Waals surface area contributed by atoms with Gasteiger partial charge in [0.15, 0.2) is 0 Å². The van der Waals surface area contributed by atoms with E-state index in [4.69, 9.17) is 4.98 Å². The van der Waals surface area contributed by atoms with Gasteiger partial charge in [0.05, 0.1) is 86.2 Å². The summed E-state index contributed by atoms with van der Waals surface area (Å²) in [5.41, 5.74) is 12.4. The summed E-state index contributed by atoms with van der Waals surface area (Å²) in [6, 6.07) is 56.6. The quantitative estimate of drug-likeness (QED) is 0.171. The van der Waals surface area contributed by atoms with E-state index in [-0.39, 0.29) is 5.92 Å². The number of allylic oxidation sites excluding steroid dienone is 1. The van der Waals surface area contributed by atoms with Gasteiger partial charge in [-0.3, -0.25) is 0 Å². The first-order chi connectivity index (χ1) is 29.5. The number of hydrogen-bond acceptors (Lipinski definition) is 6. The number of pyridine rings is 1. The number of fused-ring (bicyclic) bond motifs is 6. The highest BCUT2D eigenvalue weighted by Gasteiger charge is 2.27. The molecule has 0 saturated heterocycles. The summed E-state index contributed by atoms with van der Waals surface area (Å²) >= 11 is 0. The van der Waals surface area contributed by atoms with E-state index in [1.54, 1.807) is 18.2 Å². The lowest BCUT2D eigenvalue weighted by Crippen LogP contribution is -2.09. The summed E-state index contributed by atoms with van der Waals surface area (Å²) in [6.07, 6.45) is 4.29. The maximum absolute atomic E-state index is 11.3. The molecule has 60 heavy (non-hydrogen) atoms. The van der Waals surface area contributed by atoms with Crippen molar-refractivity contribution in [1.29, 1.82) is 26.3 Å². The molecule has 0 aliphatic heterocycles. The van der Waals surface area contributed by atoms with Crippen molar-refractivity contribution in [3.8, 4) is 75.4 Å². The Labute approximate surface area is 344 Å². The van der Waals surface area contributed by atoms with Gasteiger partial charge in [-0.25, -0.2) is 4.98 Å². The molecule has 8 heteroatoms. The molecule has 9 aromatic rings. The van der Waals surface area contributed by atoms with Crippen LogP contribution in [0.15, 0.2) is 146 Å². The molecule has 0 N–H and O–H groups in total. The third kappa shape index (κ3) is 5.68. The van der Waals surface area contributed by atoms with Crippen molar-refractivity contribution in [2.24, 2.45) is 5.92 Å². The number of aromatic nitrogens is 3. The first-order valence-electron chi connectivity index (χ1n) is 19.3. The fourth-order valence-electron chi connectivity index (χ4n) is 8.57. The van der Waals surface area contributed by atoms with Crippen LogP contribution < -0.4 is 0 Å². The Morgan fingerprint density at radius 1 is 0.483 bits per heavy atom. The smallest absolute Gasteiger partial charge is 0.104 e. The monoisotopic (exact) mass is 764 g/mol. The van der Waals surface area contributed by atoms with Gasteiger partial charge < -0.3 is 9.13 Å². The van der Waals surface area contributed by atoms with E-state index in [0.29, 0.717) is 45.7 Å². The molecular weight excluding hydrogens is 737 g/mol. The Hall–Kier alpha value is -9.00. The third-order valence-corrected chi connectivity index (χ3v) is 11.3. The molecule has 1 aliphatic rings. The minimum absolute atomic E-state index is 0.346. The van der Waals surface area contributed by atoms with Gasteiger partial charge in [-0.1, -0.05) is 60.7 Å². The summed E-state index contributed by atoms with van der Waals surface area (Å²) in [5.74, 6) is -0.346. The number of hydrogen-bond donors (Lipinski definition) is 0. The van der Waals surface area contributed by atoms with Crippen LogP contribution in [0.5, 0.6) is 0 Å². The predicted octanol–water partition coefficient (Wildman–Crippen LogP) is 11.3. The second kappa shape index (κ2) is 14.2. The van der Waals surface area contributed by atoms with Crippen molar-refractivity contribution >= 4 is 38.8 Å². The van der Waals surface area contributed by atoms with Gasteiger partial charge in [0.1, 0.15) is 11.6 Å². The molecule has 3 aromatic heterocycles. The molecule has 0 saturated carbocycles. The first kappa shape index (κ1) is 35.4. The van der Waals surface area contributed by atoms with Crippen molar-refractivity contribution in [3.63, 3.8) is 0 Å². The summed E-state index contributed by atoms with van der Waals surface area (Å²) in [7, 11) is 0. The summed E-state index contributed by atoms with van der Waals surface area (Å²) in [5, 5.41) is 53.4. The summed E-state index contributed by atoms with van der Waals surface area (Å²) < 4.78 is 4.09. The molecule has 0 spiro atoms. The Morgan fingerprint density at radius 3 is 1.65 bits per heavy atom. The van der Waals surface area contributed by atoms with E-state index in [0.717, 1.165) is 71.9 Å². The first-order valence-corrected chi connectivity index (χ1v) is 19.3. The van der Waals surface area contributed by atoms with Gasteiger partial charge in [0, 0.05) is 33.0 Å². The number of nitriles is 5. The number of benzene rings is 6. The molecule has 10 rings (SSSR count). The lowest BCUT2D eigenvalue weighted by Gasteiger charge is -2.20. The van der Waals surface area contributed by atoms with Gasteiger partial charge in [-0.05, 0) is 114 Å². The van der Waals surface area contributed by atoms with Gasteiger partial charge in [-0.15, -0.1) is 0 Å². The Morgan fingerprint density at radius 2 is 1.03 bits per heavy atom. The van der Waals surface area contributed by atoms with Crippen LogP contribution in [0.4, 0.5) is 0 Å². The van der Waals surface area contributed by atoms with Crippen LogP contribution in [0, 0.1) is 62.6 Å². The van der Waals surface area contributed by atoms with Crippen molar-refractivity contribution in [2.75, 3.05) is 0 Å². The number of nitrogens with zero attached hydrogens (tertiary/aromatic N) is 8. The average molecular weight is 765 g/mol. The molecule has 0 radical (unpaired) electrons. The molecule has 276 valence electrons. The Balaban J connectivity index is 1.29. The highest BCUT2D eigenvalue weighted by atomic mass is 15.0. The molecule has 3 heterocycles. The van der Waals surface area contributed by atoms with E-state index in [2.05, 4.69) is 59.2 Å². The van der Waals surface area contributed by atoms with E-state index in [1.807, 2.05) is 114 Å². The van der Waals surface area contributed by atoms with Crippen molar-refractivity contribution in [2.45, 2.75) is 6.42 Å². The van der Waals surface area contributed by atoms with Crippen LogP contribution in [0.3, 0.4) is 0 Å². The topological polar surface area (TPSA) is 142 Å². The maximum Gasteiger partial charge on any atom is 0.104 e. The van der Waals surface area contributed by atoms with Gasteiger partial charge in [-0.2, -0.15) is 26.3 Å². The third-order valence-electron chi connectivity index (χ3n) is 11.3. The second-order valence-corrected chi connectivity index (χ2v) is 14.7. The average Bonchev–Trinajstić information content (AvgIpc) is 3.82. The molecule has 6 aromatic carbocycles.